The van der Waals surface area contributed by atoms with Gasteiger partial charge in [0.15, 0.2) is 5.96 Å². The number of nitrogens with one attached hydrogen (secondary N) is 2. The molecule has 0 aliphatic carbocycles. The first-order chi connectivity index (χ1) is 11.0. The Bertz CT molecular complexity index is 655. The van der Waals surface area contributed by atoms with Crippen molar-refractivity contribution in [1.29, 1.82) is 0 Å². The summed E-state index contributed by atoms with van der Waals surface area (Å²) in [6.45, 7) is 2.15. The second-order valence-corrected chi connectivity index (χ2v) is 7.46. The molecule has 9 heteroatoms. The van der Waals surface area contributed by atoms with Gasteiger partial charge in [-0.1, -0.05) is 12.1 Å². The average Bonchev–Trinajstić information content (AvgIpc) is 2.84. The minimum Gasteiger partial charge on any atom is -0.356 e. The molecule has 0 saturated carbocycles. The Labute approximate surface area is 160 Å². The molecule has 0 spiro atoms. The number of hydrogen-bond donors (Lipinski definition) is 2. The van der Waals surface area contributed by atoms with Gasteiger partial charge in [0.25, 0.3) is 0 Å². The Hall–Kier alpha value is -0.940. The quantitative estimate of drug-likeness (QED) is 0.372. The smallest absolute Gasteiger partial charge is 0.214 e. The first-order valence-electron chi connectivity index (χ1n) is 7.68. The molecular weight excluding hydrogens is 446 g/mol. The molecule has 0 unspecified atom stereocenters. The van der Waals surface area contributed by atoms with Crippen molar-refractivity contribution in [1.82, 2.24) is 14.9 Å². The maximum Gasteiger partial charge on any atom is 0.214 e. The number of hydrogen-bond acceptors (Lipinski definition) is 3. The maximum absolute atomic E-state index is 13.1. The summed E-state index contributed by atoms with van der Waals surface area (Å²) < 4.78 is 38.0. The van der Waals surface area contributed by atoms with Crippen molar-refractivity contribution in [3.05, 3.63) is 35.6 Å². The third-order valence-corrected chi connectivity index (χ3v) is 5.63. The predicted octanol–water partition coefficient (Wildman–Crippen LogP) is 1.19. The molecule has 1 aliphatic rings. The van der Waals surface area contributed by atoms with Gasteiger partial charge in [-0.15, -0.1) is 24.0 Å². The van der Waals surface area contributed by atoms with Gasteiger partial charge in [0.2, 0.25) is 10.0 Å². The van der Waals surface area contributed by atoms with Crippen LogP contribution in [0.3, 0.4) is 0 Å². The molecule has 2 N–H and O–H groups in total. The monoisotopic (exact) mass is 470 g/mol. The van der Waals surface area contributed by atoms with Gasteiger partial charge in [-0.3, -0.25) is 4.99 Å². The van der Waals surface area contributed by atoms with E-state index in [-0.39, 0.29) is 35.5 Å². The van der Waals surface area contributed by atoms with Crippen LogP contribution < -0.4 is 10.6 Å². The lowest BCUT2D eigenvalue weighted by Crippen LogP contribution is -2.42. The molecule has 1 aromatic rings. The van der Waals surface area contributed by atoms with Crippen molar-refractivity contribution >= 4 is 40.0 Å². The van der Waals surface area contributed by atoms with E-state index in [2.05, 4.69) is 15.6 Å². The first-order valence-corrected chi connectivity index (χ1v) is 9.29. The molecule has 0 aromatic heterocycles. The van der Waals surface area contributed by atoms with Crippen LogP contribution in [0.2, 0.25) is 0 Å². The van der Waals surface area contributed by atoms with Crippen LogP contribution in [0.25, 0.3) is 0 Å². The normalized spacial score (nSPS) is 17.3. The van der Waals surface area contributed by atoms with Crippen LogP contribution in [0.15, 0.2) is 29.3 Å². The Kier molecular flexibility index (Phi) is 8.92. The van der Waals surface area contributed by atoms with E-state index < -0.39 is 10.0 Å². The third kappa shape index (κ3) is 6.52. The van der Waals surface area contributed by atoms with E-state index in [0.717, 1.165) is 5.56 Å². The minimum absolute atomic E-state index is 0. The lowest BCUT2D eigenvalue weighted by molar-refractivity contribution is 0.445. The van der Waals surface area contributed by atoms with Crippen molar-refractivity contribution < 1.29 is 12.8 Å². The highest BCUT2D eigenvalue weighted by Crippen LogP contribution is 2.11. The topological polar surface area (TPSA) is 73.8 Å². The molecule has 1 aliphatic heterocycles. The molecule has 1 heterocycles. The summed E-state index contributed by atoms with van der Waals surface area (Å²) >= 11 is 0. The zero-order valence-corrected chi connectivity index (χ0v) is 16.8. The van der Waals surface area contributed by atoms with E-state index in [1.165, 1.54) is 16.4 Å². The Morgan fingerprint density at radius 3 is 2.71 bits per heavy atom. The number of guanidine groups is 1. The van der Waals surface area contributed by atoms with E-state index in [4.69, 9.17) is 0 Å². The van der Waals surface area contributed by atoms with Crippen molar-refractivity contribution in [2.75, 3.05) is 39.0 Å². The molecule has 0 radical (unpaired) electrons. The number of benzene rings is 1. The summed E-state index contributed by atoms with van der Waals surface area (Å²) in [6.07, 6.45) is 1.38. The van der Waals surface area contributed by atoms with Gasteiger partial charge in [0.1, 0.15) is 5.82 Å². The fraction of sp³-hybridized carbons (Fsp3) is 0.533. The number of rotatable bonds is 6. The van der Waals surface area contributed by atoms with Crippen LogP contribution in [-0.2, 0) is 16.4 Å². The van der Waals surface area contributed by atoms with E-state index in [1.807, 2.05) is 6.07 Å². The summed E-state index contributed by atoms with van der Waals surface area (Å²) in [7, 11) is -1.39. The number of aliphatic imine (C=N–C) groups is 1. The highest BCUT2D eigenvalue weighted by molar-refractivity contribution is 14.0. The van der Waals surface area contributed by atoms with Crippen molar-refractivity contribution in [3.8, 4) is 0 Å². The number of nitrogens with zero attached hydrogens (tertiary/aromatic N) is 2. The molecule has 1 saturated heterocycles. The van der Waals surface area contributed by atoms with Crippen molar-refractivity contribution in [3.63, 3.8) is 0 Å². The summed E-state index contributed by atoms with van der Waals surface area (Å²) in [6, 6.07) is 6.49. The highest BCUT2D eigenvalue weighted by atomic mass is 127. The second-order valence-electron chi connectivity index (χ2n) is 5.37. The van der Waals surface area contributed by atoms with E-state index in [1.54, 1.807) is 13.1 Å². The third-order valence-electron chi connectivity index (χ3n) is 3.68. The lowest BCUT2D eigenvalue weighted by atomic mass is 10.1. The van der Waals surface area contributed by atoms with Gasteiger partial charge in [-0.25, -0.2) is 17.1 Å². The number of halogens is 2. The van der Waals surface area contributed by atoms with E-state index in [9.17, 15) is 12.8 Å². The molecule has 6 nitrogen and oxygen atoms in total. The number of sulfonamides is 1. The standard InChI is InChI=1S/C15H23FN4O2S.HI/c1-17-15(18-7-6-13-4-2-5-14(16)12-13)19-8-10-20-9-3-11-23(20,21)22;/h2,4-5,12H,3,6-11H2,1H3,(H2,17,18,19);1H. The predicted molar refractivity (Wildman–Crippen MR) is 105 cm³/mol. The summed E-state index contributed by atoms with van der Waals surface area (Å²) in [5.41, 5.74) is 0.913. The van der Waals surface area contributed by atoms with Crippen LogP contribution >= 0.6 is 24.0 Å². The first kappa shape index (κ1) is 21.1. The van der Waals surface area contributed by atoms with Crippen LogP contribution in [0, 0.1) is 5.82 Å². The molecule has 0 atom stereocenters. The van der Waals surface area contributed by atoms with E-state index in [0.29, 0.717) is 45.0 Å². The van der Waals surface area contributed by atoms with Crippen LogP contribution in [0.4, 0.5) is 4.39 Å². The van der Waals surface area contributed by atoms with Gasteiger partial charge in [0.05, 0.1) is 5.75 Å². The van der Waals surface area contributed by atoms with E-state index >= 15 is 0 Å². The zero-order chi connectivity index (χ0) is 16.7. The van der Waals surface area contributed by atoms with Crippen LogP contribution in [0.5, 0.6) is 0 Å². The Morgan fingerprint density at radius 1 is 1.33 bits per heavy atom. The summed E-state index contributed by atoms with van der Waals surface area (Å²) in [5.74, 6) is 0.614. The van der Waals surface area contributed by atoms with Crippen molar-refractivity contribution in [2.24, 2.45) is 4.99 Å². The molecule has 0 bridgehead atoms. The fourth-order valence-corrected chi connectivity index (χ4v) is 4.01. The van der Waals surface area contributed by atoms with Gasteiger partial charge >= 0.3 is 0 Å². The summed E-state index contributed by atoms with van der Waals surface area (Å²) in [4.78, 5) is 4.09. The van der Waals surface area contributed by atoms with Crippen LogP contribution in [0.1, 0.15) is 12.0 Å². The SMILES string of the molecule is CN=C(NCCc1cccc(F)c1)NCCN1CCCS1(=O)=O.I. The minimum atomic E-state index is -3.05. The summed E-state index contributed by atoms with van der Waals surface area (Å²) in [5, 5.41) is 6.22. The zero-order valence-electron chi connectivity index (χ0n) is 13.7. The molecular formula is C15H24FIN4O2S. The second kappa shape index (κ2) is 10.1. The largest absolute Gasteiger partial charge is 0.356 e. The maximum atomic E-state index is 13.1. The van der Waals surface area contributed by atoms with Gasteiger partial charge in [-0.2, -0.15) is 0 Å². The molecule has 2 rings (SSSR count). The van der Waals surface area contributed by atoms with Gasteiger partial charge in [0, 0.05) is 33.2 Å². The highest BCUT2D eigenvalue weighted by Gasteiger charge is 2.27. The Balaban J connectivity index is 0.00000288. The molecule has 0 amide bonds. The fourth-order valence-electron chi connectivity index (χ4n) is 2.48. The Morgan fingerprint density at radius 2 is 2.08 bits per heavy atom. The average molecular weight is 470 g/mol. The molecule has 24 heavy (non-hydrogen) atoms. The van der Waals surface area contributed by atoms with Gasteiger partial charge in [-0.05, 0) is 30.5 Å². The van der Waals surface area contributed by atoms with Crippen LogP contribution in [-0.4, -0.2) is 57.7 Å². The van der Waals surface area contributed by atoms with Gasteiger partial charge < -0.3 is 10.6 Å². The van der Waals surface area contributed by atoms with Crippen molar-refractivity contribution in [2.45, 2.75) is 12.8 Å². The molecule has 1 aromatic carbocycles. The molecule has 1 fully saturated rings. The molecule has 136 valence electrons. The lowest BCUT2D eigenvalue weighted by Gasteiger charge is -2.16.